The first-order valence-corrected chi connectivity index (χ1v) is 7.46. The summed E-state index contributed by atoms with van der Waals surface area (Å²) in [5.74, 6) is 0. The average molecular weight is 338 g/mol. The SMILES string of the molecule is Cc1cc(-c2cc(Cl)c(Cl)cc2Cl)n(-c2ccccc2)n1. The van der Waals surface area contributed by atoms with Gasteiger partial charge in [0.2, 0.25) is 0 Å². The third kappa shape index (κ3) is 2.80. The fraction of sp³-hybridized carbons (Fsp3) is 0.0625. The van der Waals surface area contributed by atoms with E-state index in [1.54, 1.807) is 12.1 Å². The average Bonchev–Trinajstić information content (AvgIpc) is 2.85. The zero-order chi connectivity index (χ0) is 15.0. The van der Waals surface area contributed by atoms with Crippen molar-refractivity contribution in [2.75, 3.05) is 0 Å². The van der Waals surface area contributed by atoms with Crippen LogP contribution in [0.2, 0.25) is 15.1 Å². The van der Waals surface area contributed by atoms with Crippen molar-refractivity contribution >= 4 is 34.8 Å². The van der Waals surface area contributed by atoms with Crippen molar-refractivity contribution in [3.8, 4) is 16.9 Å². The molecular weight excluding hydrogens is 327 g/mol. The number of aromatic nitrogens is 2. The van der Waals surface area contributed by atoms with E-state index >= 15 is 0 Å². The van der Waals surface area contributed by atoms with Gasteiger partial charge in [0.15, 0.2) is 0 Å². The monoisotopic (exact) mass is 336 g/mol. The third-order valence-corrected chi connectivity index (χ3v) is 4.15. The van der Waals surface area contributed by atoms with E-state index in [4.69, 9.17) is 34.8 Å². The summed E-state index contributed by atoms with van der Waals surface area (Å²) >= 11 is 18.4. The van der Waals surface area contributed by atoms with Crippen molar-refractivity contribution in [2.24, 2.45) is 0 Å². The Morgan fingerprint density at radius 3 is 2.24 bits per heavy atom. The van der Waals surface area contributed by atoms with Gasteiger partial charge in [-0.3, -0.25) is 0 Å². The normalized spacial score (nSPS) is 10.9. The summed E-state index contributed by atoms with van der Waals surface area (Å²) in [7, 11) is 0. The van der Waals surface area contributed by atoms with Gasteiger partial charge in [-0.1, -0.05) is 53.0 Å². The van der Waals surface area contributed by atoms with Crippen LogP contribution in [0.3, 0.4) is 0 Å². The lowest BCUT2D eigenvalue weighted by atomic mass is 10.1. The highest BCUT2D eigenvalue weighted by Crippen LogP contribution is 2.36. The predicted octanol–water partition coefficient (Wildman–Crippen LogP) is 5.81. The minimum Gasteiger partial charge on any atom is -0.233 e. The molecule has 0 N–H and O–H groups in total. The van der Waals surface area contributed by atoms with Gasteiger partial charge in [-0.05, 0) is 37.3 Å². The van der Waals surface area contributed by atoms with Crippen LogP contribution in [0.5, 0.6) is 0 Å². The third-order valence-electron chi connectivity index (χ3n) is 3.12. The molecule has 2 nitrogen and oxygen atoms in total. The van der Waals surface area contributed by atoms with E-state index in [9.17, 15) is 0 Å². The Balaban J connectivity index is 2.23. The molecule has 3 aromatic rings. The van der Waals surface area contributed by atoms with E-state index in [-0.39, 0.29) is 0 Å². The van der Waals surface area contributed by atoms with Crippen LogP contribution in [0, 0.1) is 6.92 Å². The smallest absolute Gasteiger partial charge is 0.0759 e. The molecular formula is C16H11Cl3N2. The molecule has 0 fully saturated rings. The van der Waals surface area contributed by atoms with Crippen molar-refractivity contribution in [2.45, 2.75) is 6.92 Å². The molecule has 0 saturated heterocycles. The quantitative estimate of drug-likeness (QED) is 0.540. The summed E-state index contributed by atoms with van der Waals surface area (Å²) in [5.41, 5.74) is 3.54. The van der Waals surface area contributed by atoms with Gasteiger partial charge in [-0.15, -0.1) is 0 Å². The van der Waals surface area contributed by atoms with E-state index in [0.29, 0.717) is 15.1 Å². The fourth-order valence-electron chi connectivity index (χ4n) is 2.18. The van der Waals surface area contributed by atoms with Crippen LogP contribution >= 0.6 is 34.8 Å². The second-order valence-corrected chi connectivity index (χ2v) is 5.89. The molecule has 0 unspecified atom stereocenters. The number of benzene rings is 2. The van der Waals surface area contributed by atoms with Gasteiger partial charge in [-0.2, -0.15) is 5.10 Å². The number of hydrogen-bond donors (Lipinski definition) is 0. The summed E-state index contributed by atoms with van der Waals surface area (Å²) in [6.07, 6.45) is 0. The first kappa shape index (κ1) is 14.5. The summed E-state index contributed by atoms with van der Waals surface area (Å²) in [5, 5.41) is 5.98. The van der Waals surface area contributed by atoms with E-state index in [2.05, 4.69) is 5.10 Å². The van der Waals surface area contributed by atoms with Crippen molar-refractivity contribution in [3.63, 3.8) is 0 Å². The lowest BCUT2D eigenvalue weighted by molar-refractivity contribution is 0.869. The van der Waals surface area contributed by atoms with Gasteiger partial charge in [0.1, 0.15) is 0 Å². The Morgan fingerprint density at radius 1 is 0.857 bits per heavy atom. The molecule has 0 spiro atoms. The number of nitrogens with zero attached hydrogens (tertiary/aromatic N) is 2. The van der Waals surface area contributed by atoms with Crippen molar-refractivity contribution in [3.05, 3.63) is 69.3 Å². The largest absolute Gasteiger partial charge is 0.233 e. The maximum Gasteiger partial charge on any atom is 0.0759 e. The molecule has 21 heavy (non-hydrogen) atoms. The zero-order valence-corrected chi connectivity index (χ0v) is 13.4. The van der Waals surface area contributed by atoms with Crippen LogP contribution in [-0.2, 0) is 0 Å². The number of aryl methyl sites for hydroxylation is 1. The second kappa shape index (κ2) is 5.72. The molecule has 0 amide bonds. The Bertz CT molecular complexity index is 795. The molecule has 0 aliphatic carbocycles. The van der Waals surface area contributed by atoms with Gasteiger partial charge in [0.25, 0.3) is 0 Å². The molecule has 2 aromatic carbocycles. The topological polar surface area (TPSA) is 17.8 Å². The minimum absolute atomic E-state index is 0.438. The first-order valence-electron chi connectivity index (χ1n) is 6.33. The van der Waals surface area contributed by atoms with E-state index in [1.807, 2.05) is 48.0 Å². The Labute approximate surface area is 137 Å². The molecule has 0 aliphatic heterocycles. The molecule has 1 heterocycles. The molecule has 106 valence electrons. The van der Waals surface area contributed by atoms with Crippen LogP contribution in [0.25, 0.3) is 16.9 Å². The number of rotatable bonds is 2. The van der Waals surface area contributed by atoms with E-state index in [1.165, 1.54) is 0 Å². The number of halogens is 3. The fourth-order valence-corrected chi connectivity index (χ4v) is 2.82. The molecule has 0 atom stereocenters. The maximum atomic E-state index is 6.32. The highest BCUT2D eigenvalue weighted by molar-refractivity contribution is 6.44. The Hall–Kier alpha value is -1.48. The van der Waals surface area contributed by atoms with Crippen molar-refractivity contribution < 1.29 is 0 Å². The van der Waals surface area contributed by atoms with Crippen LogP contribution in [0.4, 0.5) is 0 Å². The summed E-state index contributed by atoms with van der Waals surface area (Å²) in [4.78, 5) is 0. The highest BCUT2D eigenvalue weighted by Gasteiger charge is 2.14. The summed E-state index contributed by atoms with van der Waals surface area (Å²) in [6.45, 7) is 1.94. The van der Waals surface area contributed by atoms with E-state index in [0.717, 1.165) is 22.6 Å². The van der Waals surface area contributed by atoms with Gasteiger partial charge in [0, 0.05) is 5.56 Å². The van der Waals surface area contributed by atoms with Crippen molar-refractivity contribution in [1.82, 2.24) is 9.78 Å². The van der Waals surface area contributed by atoms with Crippen LogP contribution < -0.4 is 0 Å². The number of para-hydroxylation sites is 1. The maximum absolute atomic E-state index is 6.32. The number of hydrogen-bond acceptors (Lipinski definition) is 1. The lowest BCUT2D eigenvalue weighted by Crippen LogP contribution is -1.99. The molecule has 5 heteroatoms. The van der Waals surface area contributed by atoms with Crippen LogP contribution in [0.15, 0.2) is 48.5 Å². The second-order valence-electron chi connectivity index (χ2n) is 4.66. The molecule has 0 aliphatic rings. The molecule has 3 rings (SSSR count). The highest BCUT2D eigenvalue weighted by atomic mass is 35.5. The Kier molecular flexibility index (Phi) is 3.94. The standard InChI is InChI=1S/C16H11Cl3N2/c1-10-7-16(12-8-14(18)15(19)9-13(12)17)21(20-10)11-5-3-2-4-6-11/h2-9H,1H3. The Morgan fingerprint density at radius 2 is 1.52 bits per heavy atom. The molecule has 0 radical (unpaired) electrons. The first-order chi connectivity index (χ1) is 10.1. The van der Waals surface area contributed by atoms with Crippen LogP contribution in [0.1, 0.15) is 5.69 Å². The minimum atomic E-state index is 0.438. The molecule has 0 saturated carbocycles. The van der Waals surface area contributed by atoms with E-state index < -0.39 is 0 Å². The predicted molar refractivity (Wildman–Crippen MR) is 88.8 cm³/mol. The van der Waals surface area contributed by atoms with Gasteiger partial charge in [-0.25, -0.2) is 4.68 Å². The van der Waals surface area contributed by atoms with Gasteiger partial charge >= 0.3 is 0 Å². The lowest BCUT2D eigenvalue weighted by Gasteiger charge is -2.10. The van der Waals surface area contributed by atoms with Gasteiger partial charge < -0.3 is 0 Å². The molecule has 0 bridgehead atoms. The van der Waals surface area contributed by atoms with Crippen molar-refractivity contribution in [1.29, 1.82) is 0 Å². The summed E-state index contributed by atoms with van der Waals surface area (Å²) < 4.78 is 1.85. The summed E-state index contributed by atoms with van der Waals surface area (Å²) in [6, 6.07) is 15.3. The molecule has 1 aromatic heterocycles. The zero-order valence-electron chi connectivity index (χ0n) is 11.1. The van der Waals surface area contributed by atoms with Gasteiger partial charge in [0.05, 0.1) is 32.1 Å². The van der Waals surface area contributed by atoms with Crippen LogP contribution in [-0.4, -0.2) is 9.78 Å².